The van der Waals surface area contributed by atoms with Crippen LogP contribution in [0.5, 0.6) is 0 Å². The fraction of sp³-hybridized carbons (Fsp3) is 0.571. The second-order valence-corrected chi connectivity index (χ2v) is 7.34. The zero-order valence-electron chi connectivity index (χ0n) is 11.9. The molecule has 0 bridgehead atoms. The number of piperidine rings is 1. The van der Waals surface area contributed by atoms with Gasteiger partial charge in [-0.1, -0.05) is 17.7 Å². The van der Waals surface area contributed by atoms with Crippen LogP contribution < -0.4 is 0 Å². The molecule has 118 valence electrons. The molecule has 0 atom stereocenters. The maximum atomic E-state index is 13.8. The molecule has 1 fully saturated rings. The number of nitrogens with zero attached hydrogens (tertiary/aromatic N) is 1. The number of hydrogen-bond donors (Lipinski definition) is 0. The Balaban J connectivity index is 2.12. The van der Waals surface area contributed by atoms with Gasteiger partial charge in [0.25, 0.3) is 0 Å². The van der Waals surface area contributed by atoms with E-state index in [-0.39, 0.29) is 5.02 Å². The van der Waals surface area contributed by atoms with Gasteiger partial charge in [0.15, 0.2) is 0 Å². The molecule has 1 aliphatic rings. The molecule has 1 heterocycles. The van der Waals surface area contributed by atoms with Crippen LogP contribution in [0.25, 0.3) is 0 Å². The first-order chi connectivity index (χ1) is 9.96. The van der Waals surface area contributed by atoms with Crippen molar-refractivity contribution in [2.24, 2.45) is 5.92 Å². The van der Waals surface area contributed by atoms with Crippen molar-refractivity contribution in [3.05, 3.63) is 29.0 Å². The Bertz CT molecular complexity index is 566. The predicted molar refractivity (Wildman–Crippen MR) is 79.4 cm³/mol. The molecule has 0 N–H and O–H groups in total. The molecule has 0 aliphatic carbocycles. The minimum absolute atomic E-state index is 0.0774. The second kappa shape index (κ2) is 7.05. The van der Waals surface area contributed by atoms with Gasteiger partial charge in [-0.25, -0.2) is 12.8 Å². The summed E-state index contributed by atoms with van der Waals surface area (Å²) in [6, 6.07) is 3.89. The Morgan fingerprint density at radius 2 is 2.05 bits per heavy atom. The number of ether oxygens (including phenoxy) is 1. The van der Waals surface area contributed by atoms with Crippen LogP contribution in [0.1, 0.15) is 19.8 Å². The van der Waals surface area contributed by atoms with Crippen LogP contribution in [0.15, 0.2) is 23.1 Å². The third-order valence-electron chi connectivity index (χ3n) is 3.65. The van der Waals surface area contributed by atoms with E-state index in [0.29, 0.717) is 45.1 Å². The molecule has 1 saturated heterocycles. The molecular formula is C14H19ClFNO3S. The highest BCUT2D eigenvalue weighted by Crippen LogP contribution is 2.30. The molecule has 1 aliphatic heterocycles. The van der Waals surface area contributed by atoms with Gasteiger partial charge in [0.05, 0.1) is 5.02 Å². The lowest BCUT2D eigenvalue weighted by Gasteiger charge is -2.31. The SMILES string of the molecule is CCOCC1CCN(S(=O)(=O)c2c(F)cccc2Cl)CC1. The molecule has 21 heavy (non-hydrogen) atoms. The molecule has 0 radical (unpaired) electrons. The summed E-state index contributed by atoms with van der Waals surface area (Å²) in [4.78, 5) is -0.421. The average Bonchev–Trinajstić information content (AvgIpc) is 2.45. The zero-order chi connectivity index (χ0) is 15.5. The van der Waals surface area contributed by atoms with Crippen molar-refractivity contribution >= 4 is 21.6 Å². The largest absolute Gasteiger partial charge is 0.381 e. The van der Waals surface area contributed by atoms with Crippen LogP contribution >= 0.6 is 11.6 Å². The number of sulfonamides is 1. The lowest BCUT2D eigenvalue weighted by molar-refractivity contribution is 0.0883. The highest BCUT2D eigenvalue weighted by Gasteiger charge is 2.32. The highest BCUT2D eigenvalue weighted by atomic mass is 35.5. The van der Waals surface area contributed by atoms with Gasteiger partial charge in [-0.2, -0.15) is 4.31 Å². The van der Waals surface area contributed by atoms with Crippen molar-refractivity contribution in [1.82, 2.24) is 4.31 Å². The number of benzene rings is 1. The average molecular weight is 336 g/mol. The molecule has 0 spiro atoms. The second-order valence-electron chi connectivity index (χ2n) is 5.06. The number of halogens is 2. The Kier molecular flexibility index (Phi) is 5.60. The summed E-state index contributed by atoms with van der Waals surface area (Å²) in [5, 5.41) is -0.0774. The smallest absolute Gasteiger partial charge is 0.247 e. The van der Waals surface area contributed by atoms with Gasteiger partial charge in [0, 0.05) is 26.3 Å². The summed E-state index contributed by atoms with van der Waals surface area (Å²) in [7, 11) is -3.88. The Morgan fingerprint density at radius 3 is 2.62 bits per heavy atom. The maximum Gasteiger partial charge on any atom is 0.247 e. The fourth-order valence-electron chi connectivity index (χ4n) is 2.46. The van der Waals surface area contributed by atoms with Gasteiger partial charge in [-0.3, -0.25) is 0 Å². The van der Waals surface area contributed by atoms with E-state index in [1.54, 1.807) is 0 Å². The first kappa shape index (κ1) is 16.7. The minimum Gasteiger partial charge on any atom is -0.381 e. The zero-order valence-corrected chi connectivity index (χ0v) is 13.5. The molecule has 0 amide bonds. The Hall–Kier alpha value is -0.690. The van der Waals surface area contributed by atoms with E-state index >= 15 is 0 Å². The van der Waals surface area contributed by atoms with E-state index in [2.05, 4.69) is 0 Å². The fourth-order valence-corrected chi connectivity index (χ4v) is 4.49. The molecule has 0 unspecified atom stereocenters. The standard InChI is InChI=1S/C14H19ClFNO3S/c1-2-20-10-11-6-8-17(9-7-11)21(18,19)14-12(15)4-3-5-13(14)16/h3-5,11H,2,6-10H2,1H3. The Labute approximate surface area is 129 Å². The van der Waals surface area contributed by atoms with Gasteiger partial charge in [0.1, 0.15) is 10.7 Å². The van der Waals surface area contributed by atoms with Crippen molar-refractivity contribution in [1.29, 1.82) is 0 Å². The van der Waals surface area contributed by atoms with Crippen molar-refractivity contribution in [3.8, 4) is 0 Å². The van der Waals surface area contributed by atoms with Crippen LogP contribution in [0.3, 0.4) is 0 Å². The quantitative estimate of drug-likeness (QED) is 0.831. The van der Waals surface area contributed by atoms with E-state index in [0.717, 1.165) is 6.07 Å². The predicted octanol–water partition coefficient (Wildman–Crippen LogP) is 2.92. The summed E-state index contributed by atoms with van der Waals surface area (Å²) in [5.41, 5.74) is 0. The van der Waals surface area contributed by atoms with Gasteiger partial charge in [-0.15, -0.1) is 0 Å². The third kappa shape index (κ3) is 3.74. The van der Waals surface area contributed by atoms with Gasteiger partial charge >= 0.3 is 0 Å². The molecule has 2 rings (SSSR count). The molecule has 1 aromatic rings. The van der Waals surface area contributed by atoms with Crippen molar-refractivity contribution in [2.45, 2.75) is 24.7 Å². The van der Waals surface area contributed by atoms with Crippen molar-refractivity contribution in [2.75, 3.05) is 26.3 Å². The van der Waals surface area contributed by atoms with Crippen LogP contribution in [0, 0.1) is 11.7 Å². The Morgan fingerprint density at radius 1 is 1.38 bits per heavy atom. The van der Waals surface area contributed by atoms with E-state index in [1.807, 2.05) is 6.92 Å². The van der Waals surface area contributed by atoms with Gasteiger partial charge < -0.3 is 4.74 Å². The first-order valence-electron chi connectivity index (χ1n) is 6.98. The minimum atomic E-state index is -3.88. The summed E-state index contributed by atoms with van der Waals surface area (Å²) in [6.45, 7) is 3.96. The summed E-state index contributed by atoms with van der Waals surface area (Å²) >= 11 is 5.86. The normalized spacial score (nSPS) is 18.0. The highest BCUT2D eigenvalue weighted by molar-refractivity contribution is 7.89. The molecular weight excluding hydrogens is 317 g/mol. The van der Waals surface area contributed by atoms with Crippen LogP contribution in [0.2, 0.25) is 5.02 Å². The molecule has 0 aromatic heterocycles. The third-order valence-corrected chi connectivity index (χ3v) is 6.05. The number of rotatable bonds is 5. The van der Waals surface area contributed by atoms with Gasteiger partial charge in [-0.05, 0) is 37.8 Å². The van der Waals surface area contributed by atoms with Crippen molar-refractivity contribution < 1.29 is 17.5 Å². The van der Waals surface area contributed by atoms with Crippen LogP contribution in [-0.2, 0) is 14.8 Å². The van der Waals surface area contributed by atoms with Crippen LogP contribution in [-0.4, -0.2) is 39.0 Å². The van der Waals surface area contributed by atoms with E-state index in [9.17, 15) is 12.8 Å². The molecule has 1 aromatic carbocycles. The molecule has 7 heteroatoms. The van der Waals surface area contributed by atoms with Crippen molar-refractivity contribution in [3.63, 3.8) is 0 Å². The lowest BCUT2D eigenvalue weighted by Crippen LogP contribution is -2.39. The monoisotopic (exact) mass is 335 g/mol. The van der Waals surface area contributed by atoms with E-state index in [4.69, 9.17) is 16.3 Å². The number of hydrogen-bond acceptors (Lipinski definition) is 3. The molecule has 4 nitrogen and oxygen atoms in total. The van der Waals surface area contributed by atoms with Gasteiger partial charge in [0.2, 0.25) is 10.0 Å². The molecule has 0 saturated carbocycles. The summed E-state index contributed by atoms with van der Waals surface area (Å²) in [6.07, 6.45) is 1.43. The summed E-state index contributed by atoms with van der Waals surface area (Å²) < 4.78 is 45.5. The first-order valence-corrected chi connectivity index (χ1v) is 8.80. The van der Waals surface area contributed by atoms with Crippen LogP contribution in [0.4, 0.5) is 4.39 Å². The maximum absolute atomic E-state index is 13.8. The summed E-state index contributed by atoms with van der Waals surface area (Å²) in [5.74, 6) is -0.452. The van der Waals surface area contributed by atoms with E-state index in [1.165, 1.54) is 16.4 Å². The lowest BCUT2D eigenvalue weighted by atomic mass is 9.99. The van der Waals surface area contributed by atoms with E-state index < -0.39 is 20.7 Å². The topological polar surface area (TPSA) is 46.6 Å².